The van der Waals surface area contributed by atoms with Crippen LogP contribution in [-0.2, 0) is 14.8 Å². The molecule has 30 heavy (non-hydrogen) atoms. The number of nitrogens with zero attached hydrogens (tertiary/aromatic N) is 4. The van der Waals surface area contributed by atoms with Crippen LogP contribution in [0.3, 0.4) is 0 Å². The van der Waals surface area contributed by atoms with E-state index in [1.165, 1.54) is 31.6 Å². The quantitative estimate of drug-likeness (QED) is 0.613. The molecule has 0 fully saturated rings. The van der Waals surface area contributed by atoms with Crippen LogP contribution in [0.25, 0.3) is 11.5 Å². The van der Waals surface area contributed by atoms with Gasteiger partial charge < -0.3 is 9.84 Å². The van der Waals surface area contributed by atoms with E-state index in [0.29, 0.717) is 17.1 Å². The lowest BCUT2D eigenvalue weighted by atomic mass is 10.1. The van der Waals surface area contributed by atoms with E-state index in [1.807, 2.05) is 32.9 Å². The van der Waals surface area contributed by atoms with Crippen LogP contribution < -0.4 is 5.32 Å². The Kier molecular flexibility index (Phi) is 6.28. The first-order chi connectivity index (χ1) is 14.2. The Morgan fingerprint density at radius 1 is 1.23 bits per heavy atom. The molecule has 9 nitrogen and oxygen atoms in total. The Hall–Kier alpha value is -3.11. The summed E-state index contributed by atoms with van der Waals surface area (Å²) in [5, 5.41) is 6.75. The highest BCUT2D eigenvalue weighted by Crippen LogP contribution is 2.30. The standard InChI is InChI=1S/C20H23N5O4S/c1-13(2)19-23-20(29-24-19)16-9-5-7-14(3)18(16)22-17(26)12-25(4)30(27,28)15-8-6-10-21-11-15/h5-11,13H,12H2,1-4H3,(H,22,26). The number of hydrogen-bond donors (Lipinski definition) is 1. The van der Waals surface area contributed by atoms with Gasteiger partial charge in [-0.2, -0.15) is 9.29 Å². The zero-order valence-corrected chi connectivity index (χ0v) is 18.0. The van der Waals surface area contributed by atoms with Crippen LogP contribution in [0.4, 0.5) is 5.69 Å². The molecule has 1 amide bonds. The number of hydrogen-bond acceptors (Lipinski definition) is 7. The lowest BCUT2D eigenvalue weighted by molar-refractivity contribution is -0.116. The van der Waals surface area contributed by atoms with Crippen molar-refractivity contribution in [1.82, 2.24) is 19.4 Å². The molecule has 0 bridgehead atoms. The molecule has 2 aromatic heterocycles. The molecule has 0 radical (unpaired) electrons. The highest BCUT2D eigenvalue weighted by molar-refractivity contribution is 7.89. The van der Waals surface area contributed by atoms with Gasteiger partial charge in [0.05, 0.1) is 17.8 Å². The molecule has 0 spiro atoms. The van der Waals surface area contributed by atoms with Crippen LogP contribution in [-0.4, -0.2) is 47.3 Å². The number of benzene rings is 1. The molecule has 2 heterocycles. The molecule has 3 rings (SSSR count). The number of nitrogens with one attached hydrogen (secondary N) is 1. The maximum atomic E-state index is 12.7. The summed E-state index contributed by atoms with van der Waals surface area (Å²) in [6.07, 6.45) is 2.72. The fraction of sp³-hybridized carbons (Fsp3) is 0.300. The van der Waals surface area contributed by atoms with Crippen LogP contribution in [0.1, 0.15) is 31.2 Å². The van der Waals surface area contributed by atoms with Gasteiger partial charge in [0.25, 0.3) is 5.89 Å². The van der Waals surface area contributed by atoms with Crippen molar-refractivity contribution < 1.29 is 17.7 Å². The third-order valence-corrected chi connectivity index (χ3v) is 6.22. The first kappa shape index (κ1) is 21.6. The van der Waals surface area contributed by atoms with E-state index >= 15 is 0 Å². The normalized spacial score (nSPS) is 11.8. The molecule has 0 aliphatic carbocycles. The second kappa shape index (κ2) is 8.72. The van der Waals surface area contributed by atoms with E-state index in [9.17, 15) is 13.2 Å². The summed E-state index contributed by atoms with van der Waals surface area (Å²) in [6, 6.07) is 8.36. The molecule has 0 saturated carbocycles. The summed E-state index contributed by atoms with van der Waals surface area (Å²) in [6.45, 7) is 5.36. The third kappa shape index (κ3) is 4.55. The summed E-state index contributed by atoms with van der Waals surface area (Å²) < 4.78 is 31.6. The molecular formula is C20H23N5O4S. The van der Waals surface area contributed by atoms with Crippen LogP contribution >= 0.6 is 0 Å². The van der Waals surface area contributed by atoms with Gasteiger partial charge in [0, 0.05) is 25.4 Å². The number of likely N-dealkylation sites (N-methyl/N-ethyl adjacent to an activating group) is 1. The average molecular weight is 430 g/mol. The summed E-state index contributed by atoms with van der Waals surface area (Å²) >= 11 is 0. The van der Waals surface area contributed by atoms with Gasteiger partial charge in [-0.1, -0.05) is 31.1 Å². The number of aromatic nitrogens is 3. The number of para-hydroxylation sites is 1. The molecule has 0 atom stereocenters. The Morgan fingerprint density at radius 2 is 2.00 bits per heavy atom. The van der Waals surface area contributed by atoms with Gasteiger partial charge in [0.1, 0.15) is 4.90 Å². The van der Waals surface area contributed by atoms with Crippen molar-refractivity contribution in [2.24, 2.45) is 0 Å². The SMILES string of the molecule is Cc1cccc(-c2nc(C(C)C)no2)c1NC(=O)CN(C)S(=O)(=O)c1cccnc1. The summed E-state index contributed by atoms with van der Waals surface area (Å²) in [5.41, 5.74) is 1.84. The van der Waals surface area contributed by atoms with Crippen molar-refractivity contribution in [3.05, 3.63) is 54.1 Å². The van der Waals surface area contributed by atoms with E-state index in [4.69, 9.17) is 4.52 Å². The number of anilines is 1. The Balaban J connectivity index is 1.81. The summed E-state index contributed by atoms with van der Waals surface area (Å²) in [7, 11) is -2.49. The molecule has 3 aromatic rings. The largest absolute Gasteiger partial charge is 0.334 e. The molecule has 0 unspecified atom stereocenters. The highest BCUT2D eigenvalue weighted by Gasteiger charge is 2.24. The fourth-order valence-electron chi connectivity index (χ4n) is 2.74. The Morgan fingerprint density at radius 3 is 2.63 bits per heavy atom. The smallest absolute Gasteiger partial charge is 0.260 e. The Labute approximate surface area is 175 Å². The number of aryl methyl sites for hydroxylation is 1. The Bertz CT molecular complexity index is 1140. The number of amides is 1. The molecule has 0 aliphatic rings. The van der Waals surface area contributed by atoms with Crippen LogP contribution in [0.2, 0.25) is 0 Å². The molecule has 0 saturated heterocycles. The van der Waals surface area contributed by atoms with Gasteiger partial charge in [0.2, 0.25) is 15.9 Å². The number of rotatable bonds is 7. The first-order valence-corrected chi connectivity index (χ1v) is 10.7. The van der Waals surface area contributed by atoms with Gasteiger partial charge >= 0.3 is 0 Å². The van der Waals surface area contributed by atoms with E-state index in [1.54, 1.807) is 6.07 Å². The van der Waals surface area contributed by atoms with Gasteiger partial charge in [0.15, 0.2) is 5.82 Å². The molecular weight excluding hydrogens is 406 g/mol. The molecule has 0 aliphatic heterocycles. The maximum absolute atomic E-state index is 12.7. The number of carbonyl (C=O) groups excluding carboxylic acids is 1. The maximum Gasteiger partial charge on any atom is 0.260 e. The second-order valence-electron chi connectivity index (χ2n) is 7.11. The molecule has 158 valence electrons. The average Bonchev–Trinajstić information content (AvgIpc) is 3.20. The minimum Gasteiger partial charge on any atom is -0.334 e. The summed E-state index contributed by atoms with van der Waals surface area (Å²) in [5.74, 6) is 0.445. The van der Waals surface area contributed by atoms with Gasteiger partial charge in [-0.15, -0.1) is 0 Å². The zero-order chi connectivity index (χ0) is 21.9. The van der Waals surface area contributed by atoms with Crippen LogP contribution in [0, 0.1) is 6.92 Å². The van der Waals surface area contributed by atoms with E-state index < -0.39 is 15.9 Å². The minimum absolute atomic E-state index is 0.0176. The first-order valence-electron chi connectivity index (χ1n) is 9.30. The van der Waals surface area contributed by atoms with E-state index in [-0.39, 0.29) is 23.2 Å². The summed E-state index contributed by atoms with van der Waals surface area (Å²) in [4.78, 5) is 20.9. The second-order valence-corrected chi connectivity index (χ2v) is 9.15. The van der Waals surface area contributed by atoms with Crippen molar-refractivity contribution >= 4 is 21.6 Å². The lowest BCUT2D eigenvalue weighted by Gasteiger charge is -2.18. The minimum atomic E-state index is -3.84. The molecule has 1 aromatic carbocycles. The third-order valence-electron chi connectivity index (χ3n) is 4.43. The monoisotopic (exact) mass is 429 g/mol. The predicted octanol–water partition coefficient (Wildman–Crippen LogP) is 2.82. The number of pyridine rings is 1. The van der Waals surface area contributed by atoms with Crippen molar-refractivity contribution in [1.29, 1.82) is 0 Å². The zero-order valence-electron chi connectivity index (χ0n) is 17.2. The fourth-order valence-corrected chi connectivity index (χ4v) is 3.83. The van der Waals surface area contributed by atoms with Crippen molar-refractivity contribution in [3.63, 3.8) is 0 Å². The molecule has 1 N–H and O–H groups in total. The van der Waals surface area contributed by atoms with E-state index in [2.05, 4.69) is 20.4 Å². The van der Waals surface area contributed by atoms with Crippen molar-refractivity contribution in [2.75, 3.05) is 18.9 Å². The molecule has 10 heteroatoms. The van der Waals surface area contributed by atoms with Crippen molar-refractivity contribution in [3.8, 4) is 11.5 Å². The lowest BCUT2D eigenvalue weighted by Crippen LogP contribution is -2.35. The van der Waals surface area contributed by atoms with Crippen LogP contribution in [0.15, 0.2) is 52.1 Å². The van der Waals surface area contributed by atoms with Gasteiger partial charge in [-0.3, -0.25) is 9.78 Å². The van der Waals surface area contributed by atoms with E-state index in [0.717, 1.165) is 9.87 Å². The van der Waals surface area contributed by atoms with Crippen molar-refractivity contribution in [2.45, 2.75) is 31.6 Å². The highest BCUT2D eigenvalue weighted by atomic mass is 32.2. The van der Waals surface area contributed by atoms with Gasteiger partial charge in [-0.25, -0.2) is 8.42 Å². The number of sulfonamides is 1. The topological polar surface area (TPSA) is 118 Å². The predicted molar refractivity (Wildman–Crippen MR) is 111 cm³/mol. The van der Waals surface area contributed by atoms with Crippen LogP contribution in [0.5, 0.6) is 0 Å². The number of carbonyl (C=O) groups is 1. The van der Waals surface area contributed by atoms with Gasteiger partial charge in [-0.05, 0) is 30.7 Å².